The lowest BCUT2D eigenvalue weighted by molar-refractivity contribution is 0.199. The van der Waals surface area contributed by atoms with Crippen molar-refractivity contribution in [3.63, 3.8) is 0 Å². The molecule has 3 atom stereocenters. The highest BCUT2D eigenvalue weighted by molar-refractivity contribution is 9.10. The number of hydrogen-bond acceptors (Lipinski definition) is 2. The van der Waals surface area contributed by atoms with E-state index in [1.807, 2.05) is 45.0 Å². The molecule has 0 spiro atoms. The molecule has 0 bridgehead atoms. The van der Waals surface area contributed by atoms with Crippen LogP contribution in [0.4, 0.5) is 4.79 Å². The first-order chi connectivity index (χ1) is 9.47. The highest BCUT2D eigenvalue weighted by Crippen LogP contribution is 2.19. The van der Waals surface area contributed by atoms with Crippen molar-refractivity contribution in [2.45, 2.75) is 39.3 Å². The predicted molar refractivity (Wildman–Crippen MR) is 84.6 cm³/mol. The summed E-state index contributed by atoms with van der Waals surface area (Å²) in [6.45, 7) is 5.89. The Hall–Kier alpha value is -1.07. The number of aliphatic hydroxyl groups is 1. The lowest BCUT2D eigenvalue weighted by Gasteiger charge is -2.23. The van der Waals surface area contributed by atoms with E-state index in [9.17, 15) is 4.79 Å². The smallest absolute Gasteiger partial charge is 0.315 e. The molecule has 0 heterocycles. The first kappa shape index (κ1) is 17.0. The molecule has 0 aromatic heterocycles. The Bertz CT molecular complexity index is 422. The average molecular weight is 343 g/mol. The number of amides is 2. The first-order valence-corrected chi connectivity index (χ1v) is 7.70. The van der Waals surface area contributed by atoms with Crippen molar-refractivity contribution < 1.29 is 9.90 Å². The van der Waals surface area contributed by atoms with Gasteiger partial charge in [-0.1, -0.05) is 41.9 Å². The van der Waals surface area contributed by atoms with Crippen molar-refractivity contribution in [3.8, 4) is 0 Å². The van der Waals surface area contributed by atoms with Gasteiger partial charge in [-0.15, -0.1) is 0 Å². The third-order valence-corrected chi connectivity index (χ3v) is 4.01. The molecule has 3 N–H and O–H groups in total. The monoisotopic (exact) mass is 342 g/mol. The maximum Gasteiger partial charge on any atom is 0.315 e. The summed E-state index contributed by atoms with van der Waals surface area (Å²) >= 11 is 3.40. The van der Waals surface area contributed by atoms with Gasteiger partial charge < -0.3 is 15.7 Å². The van der Waals surface area contributed by atoms with E-state index in [4.69, 9.17) is 5.11 Å². The van der Waals surface area contributed by atoms with Gasteiger partial charge >= 0.3 is 6.03 Å². The number of benzene rings is 1. The summed E-state index contributed by atoms with van der Waals surface area (Å²) in [6.07, 6.45) is 0.818. The fraction of sp³-hybridized carbons (Fsp3) is 0.533. The SMILES string of the molecule is CCC(NC(=O)NC(C)C(C)CO)c1ccc(Br)cc1. The van der Waals surface area contributed by atoms with Crippen molar-refractivity contribution in [2.75, 3.05) is 6.61 Å². The molecule has 20 heavy (non-hydrogen) atoms. The molecule has 2 amide bonds. The molecule has 4 nitrogen and oxygen atoms in total. The fourth-order valence-electron chi connectivity index (χ4n) is 1.82. The van der Waals surface area contributed by atoms with Crippen LogP contribution < -0.4 is 10.6 Å². The van der Waals surface area contributed by atoms with Crippen LogP contribution in [0.1, 0.15) is 38.8 Å². The number of urea groups is 1. The van der Waals surface area contributed by atoms with E-state index >= 15 is 0 Å². The van der Waals surface area contributed by atoms with E-state index in [1.165, 1.54) is 0 Å². The Morgan fingerprint density at radius 3 is 2.35 bits per heavy atom. The standard InChI is InChI=1S/C15H23BrN2O2/c1-4-14(12-5-7-13(16)8-6-12)18-15(20)17-11(3)10(2)9-19/h5-8,10-11,14,19H,4,9H2,1-3H3,(H2,17,18,20). The Balaban J connectivity index is 2.60. The third-order valence-electron chi connectivity index (χ3n) is 3.49. The van der Waals surface area contributed by atoms with Crippen LogP contribution in [0.3, 0.4) is 0 Å². The number of carbonyl (C=O) groups is 1. The zero-order chi connectivity index (χ0) is 15.1. The number of nitrogens with one attached hydrogen (secondary N) is 2. The van der Waals surface area contributed by atoms with Gasteiger partial charge in [0, 0.05) is 17.1 Å². The molecular weight excluding hydrogens is 320 g/mol. The molecule has 0 aliphatic carbocycles. The van der Waals surface area contributed by atoms with Gasteiger partial charge in [-0.2, -0.15) is 0 Å². The van der Waals surface area contributed by atoms with E-state index in [1.54, 1.807) is 0 Å². The maximum absolute atomic E-state index is 12.0. The number of rotatable bonds is 6. The van der Waals surface area contributed by atoms with Crippen LogP contribution in [0.25, 0.3) is 0 Å². The van der Waals surface area contributed by atoms with Crippen molar-refractivity contribution >= 4 is 22.0 Å². The van der Waals surface area contributed by atoms with Crippen LogP contribution >= 0.6 is 15.9 Å². The van der Waals surface area contributed by atoms with Gasteiger partial charge in [0.15, 0.2) is 0 Å². The van der Waals surface area contributed by atoms with Gasteiger partial charge in [0.25, 0.3) is 0 Å². The van der Waals surface area contributed by atoms with Gasteiger partial charge in [-0.3, -0.25) is 0 Å². The molecule has 0 radical (unpaired) electrons. The molecule has 3 unspecified atom stereocenters. The minimum Gasteiger partial charge on any atom is -0.396 e. The molecule has 0 saturated carbocycles. The Labute approximate surface area is 129 Å². The molecule has 1 rings (SSSR count). The molecule has 1 aromatic carbocycles. The van der Waals surface area contributed by atoms with Crippen LogP contribution in [0.5, 0.6) is 0 Å². The normalized spacial score (nSPS) is 15.2. The summed E-state index contributed by atoms with van der Waals surface area (Å²) in [7, 11) is 0. The molecule has 1 aromatic rings. The first-order valence-electron chi connectivity index (χ1n) is 6.91. The van der Waals surface area contributed by atoms with E-state index in [0.717, 1.165) is 16.5 Å². The second-order valence-electron chi connectivity index (χ2n) is 5.08. The van der Waals surface area contributed by atoms with Crippen LogP contribution in [0, 0.1) is 5.92 Å². The molecule has 0 aliphatic heterocycles. The molecule has 112 valence electrons. The number of halogens is 1. The molecule has 0 saturated heterocycles. The summed E-state index contributed by atoms with van der Waals surface area (Å²) in [4.78, 5) is 12.0. The zero-order valence-corrected chi connectivity index (χ0v) is 13.8. The Morgan fingerprint density at radius 2 is 1.85 bits per heavy atom. The summed E-state index contributed by atoms with van der Waals surface area (Å²) in [5.74, 6) is 0.0357. The van der Waals surface area contributed by atoms with Crippen molar-refractivity contribution in [2.24, 2.45) is 5.92 Å². The quantitative estimate of drug-likeness (QED) is 0.743. The van der Waals surface area contributed by atoms with Gasteiger partial charge in [-0.05, 0) is 37.0 Å². The summed E-state index contributed by atoms with van der Waals surface area (Å²) in [5.41, 5.74) is 1.08. The second-order valence-corrected chi connectivity index (χ2v) is 5.99. The van der Waals surface area contributed by atoms with Crippen LogP contribution in [-0.2, 0) is 0 Å². The summed E-state index contributed by atoms with van der Waals surface area (Å²) < 4.78 is 1.02. The lowest BCUT2D eigenvalue weighted by Crippen LogP contribution is -2.45. The van der Waals surface area contributed by atoms with Crippen molar-refractivity contribution in [1.29, 1.82) is 0 Å². The molecule has 5 heteroatoms. The van der Waals surface area contributed by atoms with Crippen LogP contribution in [0.15, 0.2) is 28.7 Å². The number of aliphatic hydroxyl groups excluding tert-OH is 1. The van der Waals surface area contributed by atoms with Gasteiger partial charge in [0.2, 0.25) is 0 Å². The minimum absolute atomic E-state index is 0.0141. The van der Waals surface area contributed by atoms with Gasteiger partial charge in [0.1, 0.15) is 0 Å². The zero-order valence-electron chi connectivity index (χ0n) is 12.2. The molecule has 0 aliphatic rings. The number of carbonyl (C=O) groups excluding carboxylic acids is 1. The Kier molecular flexibility index (Phi) is 7.02. The average Bonchev–Trinajstić information content (AvgIpc) is 2.44. The van der Waals surface area contributed by atoms with E-state index in [0.29, 0.717) is 0 Å². The molecule has 0 fully saturated rings. The van der Waals surface area contributed by atoms with Crippen molar-refractivity contribution in [1.82, 2.24) is 10.6 Å². The lowest BCUT2D eigenvalue weighted by atomic mass is 10.0. The highest BCUT2D eigenvalue weighted by atomic mass is 79.9. The summed E-state index contributed by atoms with van der Waals surface area (Å²) in [5, 5.41) is 14.9. The van der Waals surface area contributed by atoms with Crippen LogP contribution in [-0.4, -0.2) is 23.8 Å². The topological polar surface area (TPSA) is 61.4 Å². The predicted octanol–water partition coefficient (Wildman–Crippen LogP) is 3.22. The van der Waals surface area contributed by atoms with E-state index in [2.05, 4.69) is 26.6 Å². The van der Waals surface area contributed by atoms with Crippen molar-refractivity contribution in [3.05, 3.63) is 34.3 Å². The highest BCUT2D eigenvalue weighted by Gasteiger charge is 2.17. The van der Waals surface area contributed by atoms with Gasteiger partial charge in [-0.25, -0.2) is 4.79 Å². The maximum atomic E-state index is 12.0. The van der Waals surface area contributed by atoms with Crippen LogP contribution in [0.2, 0.25) is 0 Å². The fourth-order valence-corrected chi connectivity index (χ4v) is 2.09. The largest absolute Gasteiger partial charge is 0.396 e. The number of hydrogen-bond donors (Lipinski definition) is 3. The Morgan fingerprint density at radius 1 is 1.25 bits per heavy atom. The second kappa shape index (κ2) is 8.27. The van der Waals surface area contributed by atoms with Gasteiger partial charge in [0.05, 0.1) is 6.04 Å². The van der Waals surface area contributed by atoms with E-state index < -0.39 is 0 Å². The minimum atomic E-state index is -0.201. The van der Waals surface area contributed by atoms with E-state index in [-0.39, 0.29) is 30.6 Å². The molecular formula is C15H23BrN2O2. The summed E-state index contributed by atoms with van der Waals surface area (Å²) in [6, 6.07) is 7.65. The third kappa shape index (κ3) is 5.13.